The SMILES string of the molecule is Cc1nccn1CCCN(C)C(=O)c1cnc2ccsc2c1. The zero-order valence-electron chi connectivity index (χ0n) is 12.7. The summed E-state index contributed by atoms with van der Waals surface area (Å²) in [7, 11) is 1.84. The molecule has 0 radical (unpaired) electrons. The molecule has 0 aliphatic carbocycles. The van der Waals surface area contributed by atoms with Gasteiger partial charge in [0.05, 0.1) is 15.8 Å². The number of carbonyl (C=O) groups is 1. The predicted octanol–water partition coefficient (Wildman–Crippen LogP) is 2.96. The van der Waals surface area contributed by atoms with Crippen LogP contribution in [-0.4, -0.2) is 38.9 Å². The van der Waals surface area contributed by atoms with Gasteiger partial charge in [-0.05, 0) is 30.9 Å². The van der Waals surface area contributed by atoms with Crippen molar-refractivity contribution in [3.05, 3.63) is 47.5 Å². The highest BCUT2D eigenvalue weighted by molar-refractivity contribution is 7.17. The minimum absolute atomic E-state index is 0.0187. The fraction of sp³-hybridized carbons (Fsp3) is 0.312. The van der Waals surface area contributed by atoms with E-state index in [-0.39, 0.29) is 5.91 Å². The topological polar surface area (TPSA) is 51.0 Å². The number of imidazole rings is 1. The lowest BCUT2D eigenvalue weighted by Crippen LogP contribution is -2.28. The zero-order chi connectivity index (χ0) is 15.5. The Bertz CT molecular complexity index is 792. The molecule has 0 spiro atoms. The van der Waals surface area contributed by atoms with Crippen LogP contribution in [0, 0.1) is 6.92 Å². The molecule has 0 atom stereocenters. The molecular formula is C16H18N4OS. The highest BCUT2D eigenvalue weighted by Crippen LogP contribution is 2.20. The van der Waals surface area contributed by atoms with E-state index in [1.165, 1.54) is 0 Å². The fourth-order valence-corrected chi connectivity index (χ4v) is 3.18. The lowest BCUT2D eigenvalue weighted by atomic mass is 10.2. The van der Waals surface area contributed by atoms with Gasteiger partial charge < -0.3 is 9.47 Å². The number of hydrogen-bond donors (Lipinski definition) is 0. The average Bonchev–Trinajstić information content (AvgIpc) is 3.14. The van der Waals surface area contributed by atoms with Crippen molar-refractivity contribution >= 4 is 27.5 Å². The monoisotopic (exact) mass is 314 g/mol. The first-order chi connectivity index (χ1) is 10.6. The maximum absolute atomic E-state index is 12.4. The van der Waals surface area contributed by atoms with Gasteiger partial charge >= 0.3 is 0 Å². The molecule has 0 fully saturated rings. The van der Waals surface area contributed by atoms with Crippen LogP contribution in [0.2, 0.25) is 0 Å². The number of rotatable bonds is 5. The molecule has 3 rings (SSSR count). The average molecular weight is 314 g/mol. The molecule has 1 amide bonds. The third kappa shape index (κ3) is 3.01. The molecule has 0 saturated heterocycles. The maximum atomic E-state index is 12.4. The molecule has 3 aromatic heterocycles. The van der Waals surface area contributed by atoms with E-state index < -0.39 is 0 Å². The van der Waals surface area contributed by atoms with Crippen molar-refractivity contribution in [2.45, 2.75) is 19.9 Å². The molecule has 3 aromatic rings. The van der Waals surface area contributed by atoms with Gasteiger partial charge in [-0.3, -0.25) is 9.78 Å². The normalized spacial score (nSPS) is 11.0. The van der Waals surface area contributed by atoms with E-state index in [2.05, 4.69) is 14.5 Å². The molecule has 0 saturated carbocycles. The van der Waals surface area contributed by atoms with Gasteiger partial charge in [-0.1, -0.05) is 0 Å². The van der Waals surface area contributed by atoms with Crippen LogP contribution in [0.25, 0.3) is 10.2 Å². The number of thiophene rings is 1. The number of aryl methyl sites for hydroxylation is 2. The summed E-state index contributed by atoms with van der Waals surface area (Å²) in [5.41, 5.74) is 1.59. The van der Waals surface area contributed by atoms with Crippen molar-refractivity contribution in [2.24, 2.45) is 0 Å². The first-order valence-electron chi connectivity index (χ1n) is 7.21. The summed E-state index contributed by atoms with van der Waals surface area (Å²) in [5.74, 6) is 1.02. The van der Waals surface area contributed by atoms with Gasteiger partial charge in [0.2, 0.25) is 0 Å². The highest BCUT2D eigenvalue weighted by Gasteiger charge is 2.13. The van der Waals surface area contributed by atoms with E-state index in [1.54, 1.807) is 28.6 Å². The Labute approximate surface area is 133 Å². The van der Waals surface area contributed by atoms with Gasteiger partial charge in [-0.25, -0.2) is 4.98 Å². The van der Waals surface area contributed by atoms with Crippen LogP contribution in [0.15, 0.2) is 36.1 Å². The molecule has 6 heteroatoms. The summed E-state index contributed by atoms with van der Waals surface area (Å²) in [6.45, 7) is 3.56. The van der Waals surface area contributed by atoms with Gasteiger partial charge in [0.25, 0.3) is 5.91 Å². The Morgan fingerprint density at radius 1 is 1.41 bits per heavy atom. The number of fused-ring (bicyclic) bond motifs is 1. The molecule has 114 valence electrons. The predicted molar refractivity (Wildman–Crippen MR) is 88.2 cm³/mol. The van der Waals surface area contributed by atoms with Crippen LogP contribution < -0.4 is 0 Å². The molecular weight excluding hydrogens is 296 g/mol. The molecule has 0 bridgehead atoms. The van der Waals surface area contributed by atoms with Gasteiger partial charge in [0.1, 0.15) is 5.82 Å². The third-order valence-corrected chi connectivity index (χ3v) is 4.57. The van der Waals surface area contributed by atoms with E-state index in [9.17, 15) is 4.79 Å². The van der Waals surface area contributed by atoms with Crippen LogP contribution in [-0.2, 0) is 6.54 Å². The zero-order valence-corrected chi connectivity index (χ0v) is 13.5. The van der Waals surface area contributed by atoms with Crippen molar-refractivity contribution in [3.8, 4) is 0 Å². The van der Waals surface area contributed by atoms with E-state index in [1.807, 2.05) is 37.7 Å². The lowest BCUT2D eigenvalue weighted by molar-refractivity contribution is 0.0791. The summed E-state index contributed by atoms with van der Waals surface area (Å²) >= 11 is 1.60. The Morgan fingerprint density at radius 3 is 3.05 bits per heavy atom. The molecule has 3 heterocycles. The first-order valence-corrected chi connectivity index (χ1v) is 8.09. The smallest absolute Gasteiger partial charge is 0.255 e. The molecule has 22 heavy (non-hydrogen) atoms. The Balaban J connectivity index is 1.60. The second-order valence-corrected chi connectivity index (χ2v) is 6.22. The van der Waals surface area contributed by atoms with E-state index in [4.69, 9.17) is 0 Å². The van der Waals surface area contributed by atoms with E-state index >= 15 is 0 Å². The molecule has 0 aliphatic heterocycles. The Hall–Kier alpha value is -2.21. The van der Waals surface area contributed by atoms with E-state index in [0.29, 0.717) is 12.1 Å². The Morgan fingerprint density at radius 2 is 2.27 bits per heavy atom. The number of aromatic nitrogens is 3. The number of amides is 1. The van der Waals surface area contributed by atoms with Crippen LogP contribution in [0.1, 0.15) is 22.6 Å². The summed E-state index contributed by atoms with van der Waals surface area (Å²) < 4.78 is 3.14. The second-order valence-electron chi connectivity index (χ2n) is 5.28. The van der Waals surface area contributed by atoms with E-state index in [0.717, 1.165) is 29.0 Å². The van der Waals surface area contributed by atoms with Crippen molar-refractivity contribution in [2.75, 3.05) is 13.6 Å². The summed E-state index contributed by atoms with van der Waals surface area (Å²) in [6, 6.07) is 3.89. The standard InChI is InChI=1S/C16H18N4OS/c1-12-17-5-8-20(12)7-3-6-19(2)16(21)13-10-15-14(18-11-13)4-9-22-15/h4-5,8-11H,3,6-7H2,1-2H3. The lowest BCUT2D eigenvalue weighted by Gasteiger charge is -2.17. The number of nitrogens with zero attached hydrogens (tertiary/aromatic N) is 4. The van der Waals surface area contributed by atoms with Crippen LogP contribution >= 0.6 is 11.3 Å². The van der Waals surface area contributed by atoms with Gasteiger partial charge in [-0.2, -0.15) is 0 Å². The van der Waals surface area contributed by atoms with Crippen molar-refractivity contribution in [3.63, 3.8) is 0 Å². The summed E-state index contributed by atoms with van der Waals surface area (Å²) in [5, 5.41) is 1.99. The number of carbonyl (C=O) groups excluding carboxylic acids is 1. The van der Waals surface area contributed by atoms with Crippen LogP contribution in [0.4, 0.5) is 0 Å². The fourth-order valence-electron chi connectivity index (χ4n) is 2.40. The molecule has 0 unspecified atom stereocenters. The van der Waals surface area contributed by atoms with Crippen molar-refractivity contribution in [1.29, 1.82) is 0 Å². The van der Waals surface area contributed by atoms with Crippen molar-refractivity contribution < 1.29 is 4.79 Å². The molecule has 5 nitrogen and oxygen atoms in total. The molecule has 0 aromatic carbocycles. The number of hydrogen-bond acceptors (Lipinski definition) is 4. The molecule has 0 N–H and O–H groups in total. The second kappa shape index (κ2) is 6.27. The molecule has 0 aliphatic rings. The van der Waals surface area contributed by atoms with Crippen molar-refractivity contribution in [1.82, 2.24) is 19.4 Å². The summed E-state index contributed by atoms with van der Waals surface area (Å²) in [4.78, 5) is 22.7. The van der Waals surface area contributed by atoms with Crippen LogP contribution in [0.5, 0.6) is 0 Å². The van der Waals surface area contributed by atoms with Gasteiger partial charge in [0, 0.05) is 38.7 Å². The minimum atomic E-state index is 0.0187. The van der Waals surface area contributed by atoms with Gasteiger partial charge in [0.15, 0.2) is 0 Å². The highest BCUT2D eigenvalue weighted by atomic mass is 32.1. The Kier molecular flexibility index (Phi) is 4.20. The summed E-state index contributed by atoms with van der Waals surface area (Å²) in [6.07, 6.45) is 6.32. The maximum Gasteiger partial charge on any atom is 0.255 e. The van der Waals surface area contributed by atoms with Gasteiger partial charge in [-0.15, -0.1) is 11.3 Å². The number of pyridine rings is 1. The third-order valence-electron chi connectivity index (χ3n) is 3.71. The van der Waals surface area contributed by atoms with Crippen LogP contribution in [0.3, 0.4) is 0 Å². The largest absolute Gasteiger partial charge is 0.342 e. The first kappa shape index (κ1) is 14.7. The minimum Gasteiger partial charge on any atom is -0.342 e. The quantitative estimate of drug-likeness (QED) is 0.727.